The van der Waals surface area contributed by atoms with Gasteiger partial charge in [-0.15, -0.1) is 0 Å². The van der Waals surface area contributed by atoms with Gasteiger partial charge in [-0.1, -0.05) is 22.9 Å². The maximum Gasteiger partial charge on any atom is 0.431 e. The van der Waals surface area contributed by atoms with E-state index in [4.69, 9.17) is 11.6 Å². The van der Waals surface area contributed by atoms with Gasteiger partial charge in [0, 0.05) is 26.7 Å². The highest BCUT2D eigenvalue weighted by Gasteiger charge is 2.35. The van der Waals surface area contributed by atoms with Crippen molar-refractivity contribution in [1.29, 1.82) is 0 Å². The summed E-state index contributed by atoms with van der Waals surface area (Å²) in [6.07, 6.45) is -4.92. The summed E-state index contributed by atoms with van der Waals surface area (Å²) in [4.78, 5) is 30.9. The van der Waals surface area contributed by atoms with Crippen molar-refractivity contribution in [3.63, 3.8) is 0 Å². The van der Waals surface area contributed by atoms with Crippen LogP contribution in [0.2, 0.25) is 5.02 Å². The summed E-state index contributed by atoms with van der Waals surface area (Å²) in [6, 6.07) is 1.12. The Balaban J connectivity index is 2.43. The number of halogens is 5. The monoisotopic (exact) mass is 436 g/mol. The van der Waals surface area contributed by atoms with Crippen molar-refractivity contribution in [2.75, 3.05) is 18.5 Å². The lowest BCUT2D eigenvalue weighted by atomic mass is 10.2. The van der Waals surface area contributed by atoms with Crippen LogP contribution in [0.4, 0.5) is 22.7 Å². The van der Waals surface area contributed by atoms with Crippen LogP contribution in [0.1, 0.15) is 12.6 Å². The second-order valence-electron chi connectivity index (χ2n) is 5.92. The van der Waals surface area contributed by atoms with Crippen molar-refractivity contribution in [2.24, 2.45) is 7.05 Å². The number of aromatic nitrogens is 3. The normalized spacial score (nSPS) is 12.0. The molecule has 3 rings (SSSR count). The molecule has 0 aliphatic carbocycles. The van der Waals surface area contributed by atoms with Gasteiger partial charge in [0.2, 0.25) is 0 Å². The molecule has 0 spiro atoms. The minimum absolute atomic E-state index is 0.0416. The Labute approximate surface area is 164 Å². The van der Waals surface area contributed by atoms with Crippen molar-refractivity contribution in [1.82, 2.24) is 14.1 Å². The van der Waals surface area contributed by atoms with Crippen LogP contribution in [0.15, 0.2) is 21.7 Å². The van der Waals surface area contributed by atoms with E-state index in [9.17, 15) is 27.2 Å². The number of rotatable bonds is 3. The first-order chi connectivity index (χ1) is 13.0. The van der Waals surface area contributed by atoms with Crippen LogP contribution < -0.4 is 16.1 Å². The molecule has 0 fully saturated rings. The molecule has 1 aromatic carbocycles. The van der Waals surface area contributed by atoms with Gasteiger partial charge in [0.15, 0.2) is 10.9 Å². The Bertz CT molecular complexity index is 1200. The van der Waals surface area contributed by atoms with E-state index in [2.05, 4.69) is 4.98 Å². The van der Waals surface area contributed by atoms with E-state index in [-0.39, 0.29) is 25.9 Å². The summed E-state index contributed by atoms with van der Waals surface area (Å²) in [6.45, 7) is 2.42. The molecule has 0 aliphatic rings. The first kappa shape index (κ1) is 20.3. The smallest absolute Gasteiger partial charge is 0.351 e. The molecular weight excluding hydrogens is 424 g/mol. The Kier molecular flexibility index (Phi) is 5.00. The van der Waals surface area contributed by atoms with E-state index in [1.54, 1.807) is 11.9 Å². The number of thiazole rings is 1. The van der Waals surface area contributed by atoms with Gasteiger partial charge in [0.1, 0.15) is 16.9 Å². The molecule has 150 valence electrons. The molecule has 12 heteroatoms. The largest absolute Gasteiger partial charge is 0.431 e. The molecule has 2 aromatic heterocycles. The Hall–Kier alpha value is -2.40. The van der Waals surface area contributed by atoms with Crippen molar-refractivity contribution in [3.05, 3.63) is 49.5 Å². The van der Waals surface area contributed by atoms with Crippen LogP contribution in [0.3, 0.4) is 0 Å². The Morgan fingerprint density at radius 3 is 2.50 bits per heavy atom. The summed E-state index contributed by atoms with van der Waals surface area (Å²) >= 11 is 7.02. The minimum Gasteiger partial charge on any atom is -0.351 e. The molecule has 0 saturated carbocycles. The summed E-state index contributed by atoms with van der Waals surface area (Å²) in [5.41, 5.74) is -4.41. The molecule has 0 saturated heterocycles. The van der Waals surface area contributed by atoms with Gasteiger partial charge in [0.05, 0.1) is 9.72 Å². The van der Waals surface area contributed by atoms with Gasteiger partial charge < -0.3 is 4.90 Å². The van der Waals surface area contributed by atoms with E-state index in [0.29, 0.717) is 16.2 Å². The number of hydrogen-bond acceptors (Lipinski definition) is 5. The first-order valence-corrected chi connectivity index (χ1v) is 9.07. The highest BCUT2D eigenvalue weighted by Crippen LogP contribution is 2.37. The molecule has 0 aliphatic heterocycles. The quantitative estimate of drug-likeness (QED) is 0.590. The van der Waals surface area contributed by atoms with Gasteiger partial charge in [-0.05, 0) is 13.0 Å². The summed E-state index contributed by atoms with van der Waals surface area (Å²) in [5, 5.41) is 0.406. The van der Waals surface area contributed by atoms with Crippen LogP contribution in [0.25, 0.3) is 15.9 Å². The Morgan fingerprint density at radius 2 is 1.93 bits per heavy atom. The van der Waals surface area contributed by atoms with Crippen molar-refractivity contribution >= 4 is 38.3 Å². The fourth-order valence-electron chi connectivity index (χ4n) is 2.60. The van der Waals surface area contributed by atoms with Gasteiger partial charge in [-0.2, -0.15) is 13.2 Å². The topological polar surface area (TPSA) is 60.1 Å². The average molecular weight is 437 g/mol. The summed E-state index contributed by atoms with van der Waals surface area (Å²) < 4.78 is 54.6. The standard InChI is InChI=1S/C16H13ClF4N4O2S/c1-4-23(2)14-22-11-7(17)5-8(18)12(13(11)28-14)25-10(26)6-9(16(19,20)21)24(3)15(25)27/h5-6H,4H2,1-3H3. The predicted molar refractivity (Wildman–Crippen MR) is 99.4 cm³/mol. The molecule has 0 radical (unpaired) electrons. The fourth-order valence-corrected chi connectivity index (χ4v) is 4.03. The lowest BCUT2D eigenvalue weighted by molar-refractivity contribution is -0.144. The van der Waals surface area contributed by atoms with Crippen LogP contribution >= 0.6 is 22.9 Å². The molecule has 2 heterocycles. The number of nitrogens with zero attached hydrogens (tertiary/aromatic N) is 4. The molecule has 0 amide bonds. The molecule has 0 bridgehead atoms. The van der Waals surface area contributed by atoms with Crippen molar-refractivity contribution < 1.29 is 17.6 Å². The third kappa shape index (κ3) is 3.18. The molecular formula is C16H13ClF4N4O2S. The summed E-state index contributed by atoms with van der Waals surface area (Å²) in [7, 11) is 2.58. The van der Waals surface area contributed by atoms with Gasteiger partial charge in [-0.3, -0.25) is 9.36 Å². The van der Waals surface area contributed by atoms with E-state index >= 15 is 0 Å². The number of hydrogen-bond donors (Lipinski definition) is 0. The summed E-state index contributed by atoms with van der Waals surface area (Å²) in [5.74, 6) is -1.02. The maximum absolute atomic E-state index is 14.7. The zero-order chi connectivity index (χ0) is 21.0. The molecule has 0 atom stereocenters. The molecule has 28 heavy (non-hydrogen) atoms. The van der Waals surface area contributed by atoms with E-state index < -0.39 is 34.6 Å². The SMILES string of the molecule is CCN(C)c1nc2c(Cl)cc(F)c(-n3c(=O)cc(C(F)(F)F)n(C)c3=O)c2s1. The molecule has 0 unspecified atom stereocenters. The zero-order valence-corrected chi connectivity index (χ0v) is 16.3. The fraction of sp³-hybridized carbons (Fsp3) is 0.312. The van der Waals surface area contributed by atoms with E-state index in [1.807, 2.05) is 6.92 Å². The number of benzene rings is 1. The van der Waals surface area contributed by atoms with Crippen LogP contribution in [0, 0.1) is 5.82 Å². The maximum atomic E-state index is 14.7. The van der Waals surface area contributed by atoms with Crippen molar-refractivity contribution in [3.8, 4) is 5.69 Å². The van der Waals surface area contributed by atoms with Crippen LogP contribution in [-0.4, -0.2) is 27.7 Å². The second kappa shape index (κ2) is 6.89. The third-order valence-corrected chi connectivity index (χ3v) is 5.64. The minimum atomic E-state index is -4.92. The lowest BCUT2D eigenvalue weighted by Gasteiger charge is -2.14. The molecule has 0 N–H and O–H groups in total. The number of anilines is 1. The predicted octanol–water partition coefficient (Wildman–Crippen LogP) is 3.41. The van der Waals surface area contributed by atoms with Crippen LogP contribution in [0.5, 0.6) is 0 Å². The number of fused-ring (bicyclic) bond motifs is 1. The van der Waals surface area contributed by atoms with E-state index in [0.717, 1.165) is 24.5 Å². The van der Waals surface area contributed by atoms with Crippen LogP contribution in [-0.2, 0) is 13.2 Å². The molecule has 6 nitrogen and oxygen atoms in total. The average Bonchev–Trinajstić information content (AvgIpc) is 3.04. The highest BCUT2D eigenvalue weighted by molar-refractivity contribution is 7.22. The van der Waals surface area contributed by atoms with Gasteiger partial charge >= 0.3 is 11.9 Å². The second-order valence-corrected chi connectivity index (χ2v) is 7.30. The van der Waals surface area contributed by atoms with Gasteiger partial charge in [0.25, 0.3) is 5.56 Å². The first-order valence-electron chi connectivity index (χ1n) is 7.87. The highest BCUT2D eigenvalue weighted by atomic mass is 35.5. The lowest BCUT2D eigenvalue weighted by Crippen LogP contribution is -2.41. The third-order valence-electron chi connectivity index (χ3n) is 4.17. The number of alkyl halides is 3. The van der Waals surface area contributed by atoms with Crippen molar-refractivity contribution in [2.45, 2.75) is 13.1 Å². The Morgan fingerprint density at radius 1 is 1.29 bits per heavy atom. The van der Waals surface area contributed by atoms with E-state index in [1.165, 1.54) is 0 Å². The molecule has 3 aromatic rings. The van der Waals surface area contributed by atoms with Gasteiger partial charge in [-0.25, -0.2) is 18.7 Å². The zero-order valence-electron chi connectivity index (χ0n) is 14.8.